The Kier molecular flexibility index (Phi) is 26.7. The van der Waals surface area contributed by atoms with Gasteiger partial charge in [0.05, 0.1) is 0 Å². The Morgan fingerprint density at radius 1 is 0.686 bits per heavy atom. The molecule has 2 aromatic carbocycles. The van der Waals surface area contributed by atoms with Crippen LogP contribution in [-0.4, -0.2) is 46.6 Å². The molecule has 2 rings (SSSR count). The number of halogens is 1. The molecule has 0 spiro atoms. The molecule has 0 aliphatic carbocycles. The molecule has 0 fully saturated rings. The molecule has 2 aromatic rings. The van der Waals surface area contributed by atoms with Crippen LogP contribution in [0.3, 0.4) is 0 Å². The van der Waals surface area contributed by atoms with Gasteiger partial charge in [0.1, 0.15) is 0 Å². The zero-order valence-corrected chi connectivity index (χ0v) is 24.0. The number of hydrogen-bond donors (Lipinski definition) is 1. The van der Waals surface area contributed by atoms with Gasteiger partial charge >= 0.3 is 14.8 Å². The van der Waals surface area contributed by atoms with Gasteiger partial charge < -0.3 is 24.5 Å². The number of aryl methyl sites for hydroxylation is 2. The maximum absolute atomic E-state index is 8.75. The highest BCUT2D eigenvalue weighted by Crippen LogP contribution is 2.13. The molecule has 0 aliphatic heterocycles. The van der Waals surface area contributed by atoms with Crippen molar-refractivity contribution in [1.82, 2.24) is 0 Å². The molecule has 0 heterocycles. The van der Waals surface area contributed by atoms with Crippen molar-refractivity contribution < 1.29 is 24.5 Å². The van der Waals surface area contributed by atoms with Crippen LogP contribution in [0.15, 0.2) is 53.0 Å². The zero-order valence-electron chi connectivity index (χ0n) is 22.4. The second kappa shape index (κ2) is 25.9. The normalized spacial score (nSPS) is 9.69. The standard InChI is InChI=1S/C12H18BO.C12H17Br.C3H9BO3.H2O/c1-2-3-4-5-6-11-7-9-12(13-14)10-8-11;1-2-3-4-5-6-11-7-9-12(13)10-8-11;1-5-4(6-2)7-3;/h7-10,14H,2-6H2,1H3;7-10H,2-6H2,1H3;1-3H3;1H2. The molecule has 0 atom stereocenters. The first-order valence-corrected chi connectivity index (χ1v) is 13.2. The van der Waals surface area contributed by atoms with E-state index in [-0.39, 0.29) is 5.48 Å². The lowest BCUT2D eigenvalue weighted by Crippen LogP contribution is -2.21. The first-order valence-electron chi connectivity index (χ1n) is 12.4. The zero-order chi connectivity index (χ0) is 25.4. The van der Waals surface area contributed by atoms with E-state index in [4.69, 9.17) is 5.02 Å². The topological polar surface area (TPSA) is 79.4 Å². The summed E-state index contributed by atoms with van der Waals surface area (Å²) in [5.41, 5.74) is 3.70. The van der Waals surface area contributed by atoms with Crippen molar-refractivity contribution in [1.29, 1.82) is 0 Å². The van der Waals surface area contributed by atoms with Crippen LogP contribution >= 0.6 is 15.9 Å². The second-order valence-electron chi connectivity index (χ2n) is 8.11. The molecule has 0 bridgehead atoms. The first kappa shape index (κ1) is 36.0. The molecule has 0 saturated heterocycles. The van der Waals surface area contributed by atoms with E-state index >= 15 is 0 Å². The number of rotatable bonds is 14. The summed E-state index contributed by atoms with van der Waals surface area (Å²) in [5.74, 6) is 0. The molecule has 0 unspecified atom stereocenters. The van der Waals surface area contributed by atoms with Crippen LogP contribution < -0.4 is 5.46 Å². The maximum Gasteiger partial charge on any atom is 0.638 e. The third kappa shape index (κ3) is 20.7. The van der Waals surface area contributed by atoms with Crippen LogP contribution in [0.25, 0.3) is 0 Å². The van der Waals surface area contributed by atoms with E-state index in [2.05, 4.69) is 80.1 Å². The van der Waals surface area contributed by atoms with E-state index in [1.807, 2.05) is 12.1 Å². The Morgan fingerprint density at radius 3 is 1.40 bits per heavy atom. The molecule has 0 aliphatic rings. The Balaban J connectivity index is 0. The van der Waals surface area contributed by atoms with Crippen molar-refractivity contribution in [2.24, 2.45) is 0 Å². The number of hydrogen-bond acceptors (Lipinski definition) is 4. The highest BCUT2D eigenvalue weighted by molar-refractivity contribution is 9.10. The van der Waals surface area contributed by atoms with E-state index in [0.29, 0.717) is 0 Å². The average Bonchev–Trinajstić information content (AvgIpc) is 2.88. The average molecular weight is 552 g/mol. The van der Waals surface area contributed by atoms with Gasteiger partial charge in [0, 0.05) is 25.8 Å². The number of benzene rings is 2. The Bertz CT molecular complexity index is 677. The molecular formula is C27H46B2BrO5. The molecule has 35 heavy (non-hydrogen) atoms. The molecular weight excluding hydrogens is 506 g/mol. The van der Waals surface area contributed by atoms with E-state index in [9.17, 15) is 0 Å². The van der Waals surface area contributed by atoms with Crippen LogP contribution in [0.5, 0.6) is 0 Å². The smallest absolute Gasteiger partial charge is 0.450 e. The lowest BCUT2D eigenvalue weighted by molar-refractivity contribution is 0.163. The van der Waals surface area contributed by atoms with Gasteiger partial charge in [-0.05, 0) is 48.9 Å². The monoisotopic (exact) mass is 551 g/mol. The lowest BCUT2D eigenvalue weighted by atomic mass is 9.88. The summed E-state index contributed by atoms with van der Waals surface area (Å²) in [6, 6.07) is 16.7. The summed E-state index contributed by atoms with van der Waals surface area (Å²) in [5, 5.41) is 8.75. The molecule has 5 nitrogen and oxygen atoms in total. The van der Waals surface area contributed by atoms with Crippen molar-refractivity contribution in [3.05, 3.63) is 64.1 Å². The van der Waals surface area contributed by atoms with Crippen molar-refractivity contribution in [3.63, 3.8) is 0 Å². The van der Waals surface area contributed by atoms with Crippen LogP contribution in [-0.2, 0) is 26.8 Å². The van der Waals surface area contributed by atoms with Crippen molar-refractivity contribution in [2.75, 3.05) is 21.3 Å². The van der Waals surface area contributed by atoms with Gasteiger partial charge in [-0.15, -0.1) is 0 Å². The highest BCUT2D eigenvalue weighted by Gasteiger charge is 2.12. The molecule has 3 N–H and O–H groups in total. The van der Waals surface area contributed by atoms with E-state index < -0.39 is 7.32 Å². The Labute approximate surface area is 223 Å². The van der Waals surface area contributed by atoms with E-state index in [1.54, 1.807) is 0 Å². The van der Waals surface area contributed by atoms with Gasteiger partial charge in [0.25, 0.3) is 0 Å². The van der Waals surface area contributed by atoms with E-state index in [1.165, 1.54) is 94.7 Å². The summed E-state index contributed by atoms with van der Waals surface area (Å²) < 4.78 is 15.0. The lowest BCUT2D eigenvalue weighted by Gasteiger charge is -2.01. The predicted molar refractivity (Wildman–Crippen MR) is 154 cm³/mol. The third-order valence-electron chi connectivity index (χ3n) is 5.26. The second-order valence-corrected chi connectivity index (χ2v) is 9.03. The van der Waals surface area contributed by atoms with Gasteiger partial charge in [0.2, 0.25) is 0 Å². The van der Waals surface area contributed by atoms with Crippen LogP contribution in [0, 0.1) is 0 Å². The van der Waals surface area contributed by atoms with Gasteiger partial charge in [-0.25, -0.2) is 0 Å². The van der Waals surface area contributed by atoms with Crippen molar-refractivity contribution >= 4 is 36.2 Å². The highest BCUT2D eigenvalue weighted by atomic mass is 79.9. The third-order valence-corrected chi connectivity index (χ3v) is 5.79. The maximum atomic E-state index is 8.75. The van der Waals surface area contributed by atoms with Gasteiger partial charge in [0.15, 0.2) is 0 Å². The minimum absolute atomic E-state index is 0. The fourth-order valence-electron chi connectivity index (χ4n) is 3.22. The van der Waals surface area contributed by atoms with Gasteiger partial charge in [-0.1, -0.05) is 110 Å². The van der Waals surface area contributed by atoms with E-state index in [0.717, 1.165) is 19.4 Å². The predicted octanol–water partition coefficient (Wildman–Crippen LogP) is 5.70. The van der Waals surface area contributed by atoms with Crippen LogP contribution in [0.2, 0.25) is 0 Å². The fourth-order valence-corrected chi connectivity index (χ4v) is 3.49. The molecule has 8 heteroatoms. The van der Waals surface area contributed by atoms with Crippen LogP contribution in [0.1, 0.15) is 76.3 Å². The van der Waals surface area contributed by atoms with Gasteiger partial charge in [-0.3, -0.25) is 0 Å². The largest absolute Gasteiger partial charge is 0.638 e. The van der Waals surface area contributed by atoms with Crippen molar-refractivity contribution in [2.45, 2.75) is 78.1 Å². The molecule has 0 aromatic heterocycles. The Hall–Kier alpha value is -1.15. The van der Waals surface area contributed by atoms with Gasteiger partial charge in [-0.2, -0.15) is 0 Å². The molecule has 197 valence electrons. The fraction of sp³-hybridized carbons (Fsp3) is 0.556. The number of unbranched alkanes of at least 4 members (excludes halogenated alkanes) is 6. The summed E-state index contributed by atoms with van der Waals surface area (Å²) >= 11 is 3.44. The molecule has 0 amide bonds. The SMILES string of the molecule is CCCCCCc1ccc(Br)cc1.CCCCCCc1ccc([B]O)cc1.COB(OC)OC.O. The first-order chi connectivity index (χ1) is 16.5. The Morgan fingerprint density at radius 2 is 1.09 bits per heavy atom. The molecule has 0 saturated carbocycles. The minimum atomic E-state index is -0.514. The summed E-state index contributed by atoms with van der Waals surface area (Å²) in [6.07, 6.45) is 13.0. The minimum Gasteiger partial charge on any atom is -0.450 e. The quantitative estimate of drug-likeness (QED) is 0.241. The summed E-state index contributed by atoms with van der Waals surface area (Å²) in [4.78, 5) is 0. The van der Waals surface area contributed by atoms with Crippen molar-refractivity contribution in [3.8, 4) is 0 Å². The molecule has 1 radical (unpaired) electrons. The van der Waals surface area contributed by atoms with Crippen LogP contribution in [0.4, 0.5) is 0 Å². The summed E-state index contributed by atoms with van der Waals surface area (Å²) in [6.45, 7) is 4.48. The summed E-state index contributed by atoms with van der Waals surface area (Å²) in [7, 11) is 5.16.